The van der Waals surface area contributed by atoms with Crippen molar-refractivity contribution in [2.75, 3.05) is 12.4 Å². The fourth-order valence-corrected chi connectivity index (χ4v) is 1.51. The van der Waals surface area contributed by atoms with Gasteiger partial charge in [0, 0.05) is 12.0 Å². The van der Waals surface area contributed by atoms with Gasteiger partial charge in [0.1, 0.15) is 0 Å². The molecule has 0 radical (unpaired) electrons. The number of ether oxygens (including phenoxy) is 1. The summed E-state index contributed by atoms with van der Waals surface area (Å²) in [5.41, 5.74) is 0. The van der Waals surface area contributed by atoms with Crippen LogP contribution in [0.3, 0.4) is 0 Å². The van der Waals surface area contributed by atoms with Crippen LogP contribution in [0.5, 0.6) is 0 Å². The van der Waals surface area contributed by atoms with Gasteiger partial charge < -0.3 is 4.74 Å². The van der Waals surface area contributed by atoms with Gasteiger partial charge in [-0.1, -0.05) is 13.5 Å². The first-order chi connectivity index (χ1) is 5.85. The molecular weight excluding hydrogens is 236 g/mol. The maximum absolute atomic E-state index is 10.5. The van der Waals surface area contributed by atoms with Crippen molar-refractivity contribution >= 4 is 53.8 Å². The Kier molecular flexibility index (Phi) is 9.17. The van der Waals surface area contributed by atoms with Crippen LogP contribution in [0.4, 0.5) is 0 Å². The third kappa shape index (κ3) is 10.5. The molecule has 0 aromatic carbocycles. The summed E-state index contributed by atoms with van der Waals surface area (Å²) in [6, 6.07) is 0. The molecule has 0 aliphatic heterocycles. The number of esters is 1. The molecule has 0 aromatic rings. The molecule has 0 aliphatic carbocycles. The molecule has 0 bridgehead atoms. The molecule has 0 heterocycles. The number of hydrogen-bond donors (Lipinski definition) is 1. The molecule has 1 unspecified atom stereocenters. The molecule has 14 heavy (non-hydrogen) atoms. The van der Waals surface area contributed by atoms with Crippen LogP contribution >= 0.6 is 0 Å². The van der Waals surface area contributed by atoms with E-state index in [1.807, 2.05) is 0 Å². The van der Waals surface area contributed by atoms with E-state index in [9.17, 15) is 13.2 Å². The van der Waals surface area contributed by atoms with Crippen LogP contribution in [-0.2, 0) is 19.6 Å². The molecule has 1 N–H and O–H groups in total. The standard InChI is InChI=1S/C7H12O5S.Ca.2H/c1-3-7(8)12-4-6(2)5-13(9,10)11;;;/h3,6H,1,4-5H2,2H3,(H,9,10,11);;;. The van der Waals surface area contributed by atoms with E-state index < -0.39 is 27.8 Å². The third-order valence-electron chi connectivity index (χ3n) is 1.17. The van der Waals surface area contributed by atoms with Crippen molar-refractivity contribution in [2.24, 2.45) is 5.92 Å². The average Bonchev–Trinajstić information content (AvgIpc) is 1.97. The van der Waals surface area contributed by atoms with E-state index in [2.05, 4.69) is 11.3 Å². The van der Waals surface area contributed by atoms with Crippen LogP contribution < -0.4 is 0 Å². The number of hydrogen-bond acceptors (Lipinski definition) is 4. The van der Waals surface area contributed by atoms with E-state index in [0.29, 0.717) is 0 Å². The summed E-state index contributed by atoms with van der Waals surface area (Å²) in [4.78, 5) is 10.5. The van der Waals surface area contributed by atoms with Gasteiger partial charge in [-0.2, -0.15) is 8.42 Å². The van der Waals surface area contributed by atoms with Gasteiger partial charge in [-0.15, -0.1) is 0 Å². The van der Waals surface area contributed by atoms with Crippen molar-refractivity contribution in [1.82, 2.24) is 0 Å². The van der Waals surface area contributed by atoms with Gasteiger partial charge in [0.25, 0.3) is 10.1 Å². The second kappa shape index (κ2) is 7.64. The zero-order chi connectivity index (χ0) is 10.5. The molecule has 0 fully saturated rings. The summed E-state index contributed by atoms with van der Waals surface area (Å²) >= 11 is 0. The first kappa shape index (κ1) is 16.8. The first-order valence-electron chi connectivity index (χ1n) is 3.59. The van der Waals surface area contributed by atoms with Crippen LogP contribution in [0.1, 0.15) is 6.92 Å². The number of carbonyl (C=O) groups is 1. The normalized spacial score (nSPS) is 12.4. The quantitative estimate of drug-likeness (QED) is 0.303. The van der Waals surface area contributed by atoms with Gasteiger partial charge in [-0.05, 0) is 0 Å². The van der Waals surface area contributed by atoms with E-state index in [0.717, 1.165) is 6.08 Å². The van der Waals surface area contributed by atoms with Gasteiger partial charge >= 0.3 is 43.7 Å². The van der Waals surface area contributed by atoms with Gasteiger partial charge in [0.15, 0.2) is 0 Å². The molecule has 1 atom stereocenters. The molecule has 0 saturated carbocycles. The molecule has 0 rings (SSSR count). The van der Waals surface area contributed by atoms with Gasteiger partial charge in [0.2, 0.25) is 0 Å². The van der Waals surface area contributed by atoms with Crippen molar-refractivity contribution in [1.29, 1.82) is 0 Å². The van der Waals surface area contributed by atoms with Crippen LogP contribution in [0, 0.1) is 5.92 Å². The minimum absolute atomic E-state index is 0. The molecule has 0 aromatic heterocycles. The number of carbonyl (C=O) groups excluding carboxylic acids is 1. The molecule has 80 valence electrons. The summed E-state index contributed by atoms with van der Waals surface area (Å²) in [6.45, 7) is 4.67. The first-order valence-corrected chi connectivity index (χ1v) is 5.20. The van der Waals surface area contributed by atoms with Crippen molar-refractivity contribution < 1.29 is 22.5 Å². The van der Waals surface area contributed by atoms with E-state index in [1.165, 1.54) is 0 Å². The Balaban J connectivity index is 0. The predicted molar refractivity (Wildman–Crippen MR) is 55.3 cm³/mol. The molecular formula is C7H14CaO5S. The van der Waals surface area contributed by atoms with E-state index >= 15 is 0 Å². The topological polar surface area (TPSA) is 80.7 Å². The van der Waals surface area contributed by atoms with Crippen molar-refractivity contribution in [3.8, 4) is 0 Å². The summed E-state index contributed by atoms with van der Waals surface area (Å²) in [5.74, 6) is -1.46. The fraction of sp³-hybridized carbons (Fsp3) is 0.571. The van der Waals surface area contributed by atoms with Crippen LogP contribution in [0.2, 0.25) is 0 Å². The SMILES string of the molecule is C=CC(=O)OCC(C)CS(=O)(=O)O.[CaH2]. The van der Waals surface area contributed by atoms with Crippen LogP contribution in [0.25, 0.3) is 0 Å². The van der Waals surface area contributed by atoms with Crippen LogP contribution in [0.15, 0.2) is 12.7 Å². The van der Waals surface area contributed by atoms with Crippen molar-refractivity contribution in [2.45, 2.75) is 6.92 Å². The molecule has 0 saturated heterocycles. The Morgan fingerprint density at radius 2 is 2.14 bits per heavy atom. The zero-order valence-corrected chi connectivity index (χ0v) is 8.08. The molecule has 0 aliphatic rings. The van der Waals surface area contributed by atoms with Crippen LogP contribution in [-0.4, -0.2) is 69.0 Å². The Morgan fingerprint density at radius 3 is 2.50 bits per heavy atom. The number of rotatable bonds is 5. The molecule has 5 nitrogen and oxygen atoms in total. The van der Waals surface area contributed by atoms with Crippen molar-refractivity contribution in [3.05, 3.63) is 12.7 Å². The van der Waals surface area contributed by atoms with E-state index in [-0.39, 0.29) is 44.3 Å². The molecule has 7 heteroatoms. The van der Waals surface area contributed by atoms with E-state index in [4.69, 9.17) is 4.55 Å². The Bertz CT molecular complexity index is 284. The Morgan fingerprint density at radius 1 is 1.64 bits per heavy atom. The third-order valence-corrected chi connectivity index (χ3v) is 2.16. The summed E-state index contributed by atoms with van der Waals surface area (Å²) in [5, 5.41) is 0. The monoisotopic (exact) mass is 250 g/mol. The Hall–Kier alpha value is 0.380. The Labute approximate surface area is 113 Å². The summed E-state index contributed by atoms with van der Waals surface area (Å²) in [7, 11) is -4.00. The zero-order valence-electron chi connectivity index (χ0n) is 7.26. The molecule has 0 amide bonds. The summed E-state index contributed by atoms with van der Waals surface area (Å²) in [6.07, 6.45) is 0.986. The van der Waals surface area contributed by atoms with E-state index in [1.54, 1.807) is 6.92 Å². The van der Waals surface area contributed by atoms with Gasteiger partial charge in [-0.25, -0.2) is 4.79 Å². The van der Waals surface area contributed by atoms with Gasteiger partial charge in [-0.3, -0.25) is 4.55 Å². The second-order valence-corrected chi connectivity index (χ2v) is 4.19. The molecule has 0 spiro atoms. The maximum atomic E-state index is 10.5. The predicted octanol–water partition coefficient (Wildman–Crippen LogP) is -0.677. The fourth-order valence-electron chi connectivity index (χ4n) is 0.691. The van der Waals surface area contributed by atoms with Gasteiger partial charge in [0.05, 0.1) is 12.4 Å². The van der Waals surface area contributed by atoms with Crippen molar-refractivity contribution in [3.63, 3.8) is 0 Å². The second-order valence-electron chi connectivity index (χ2n) is 2.69. The minimum atomic E-state index is -4.00. The summed E-state index contributed by atoms with van der Waals surface area (Å²) < 4.78 is 33.7. The average molecular weight is 250 g/mol.